The third-order valence-corrected chi connectivity index (χ3v) is 11.1. The highest BCUT2D eigenvalue weighted by atomic mass is 15.0. The number of allylic oxidation sites excluding steroid dienone is 4. The van der Waals surface area contributed by atoms with E-state index < -0.39 is 0 Å². The molecule has 53 heavy (non-hydrogen) atoms. The van der Waals surface area contributed by atoms with Crippen LogP contribution in [0.2, 0.25) is 0 Å². The minimum Gasteiger partial charge on any atom is -0.312 e. The first-order valence-electron chi connectivity index (χ1n) is 18.7. The van der Waals surface area contributed by atoms with Crippen LogP contribution in [0.4, 0.5) is 0 Å². The van der Waals surface area contributed by atoms with Gasteiger partial charge in [0.15, 0.2) is 0 Å². The topological polar surface area (TPSA) is 22.8 Å². The molecular weight excluding hydrogens is 643 g/mol. The number of hydrogen-bond donors (Lipinski definition) is 0. The highest BCUT2D eigenvalue weighted by Crippen LogP contribution is 2.43. The summed E-state index contributed by atoms with van der Waals surface area (Å²) in [7, 11) is 0. The highest BCUT2D eigenvalue weighted by Gasteiger charge is 2.25. The van der Waals surface area contributed by atoms with Crippen molar-refractivity contribution in [3.63, 3.8) is 0 Å². The van der Waals surface area contributed by atoms with Crippen molar-refractivity contribution in [1.82, 2.24) is 14.1 Å². The van der Waals surface area contributed by atoms with Gasteiger partial charge >= 0.3 is 0 Å². The van der Waals surface area contributed by atoms with E-state index in [2.05, 4.69) is 198 Å². The molecule has 10 rings (SSSR count). The average molecular weight is 682 g/mol. The molecule has 0 N–H and O–H groups in total. The van der Waals surface area contributed by atoms with Crippen LogP contribution in [0.3, 0.4) is 0 Å². The number of rotatable bonds is 7. The van der Waals surface area contributed by atoms with E-state index in [1.165, 1.54) is 60.5 Å². The zero-order valence-electron chi connectivity index (χ0n) is 29.7. The van der Waals surface area contributed by atoms with Crippen molar-refractivity contribution in [3.05, 3.63) is 199 Å². The monoisotopic (exact) mass is 681 g/mol. The van der Waals surface area contributed by atoms with Crippen LogP contribution in [0, 0.1) is 5.92 Å². The molecule has 1 unspecified atom stereocenters. The lowest BCUT2D eigenvalue weighted by molar-refractivity contribution is 0.695. The Hall–Kier alpha value is -6.45. The maximum Gasteiger partial charge on any atom is 0.0731 e. The summed E-state index contributed by atoms with van der Waals surface area (Å²) < 4.78 is 4.88. The summed E-state index contributed by atoms with van der Waals surface area (Å²) in [4.78, 5) is 5.24. The molecule has 3 aromatic heterocycles. The van der Waals surface area contributed by atoms with Crippen LogP contribution in [-0.2, 0) is 6.42 Å². The standard InChI is InChI=1S/C50H39N3/c1-34-28-37(44(36-18-7-3-8-19-36)30-35-16-5-2-6-17-35)31-39(29-34)53-48-27-14-11-22-40(48)42-24-15-25-43(50(42)53)46-32-45-41-23-12-13-26-47(41)52(49(45)33-51-46)38-20-9-4-10-21-38/h2-28,31-34,44H,29-30H2,1H3/t34-,44?/m0/s1. The molecule has 1 aliphatic rings. The molecule has 0 saturated heterocycles. The van der Waals surface area contributed by atoms with Gasteiger partial charge in [0.25, 0.3) is 0 Å². The fourth-order valence-corrected chi connectivity index (χ4v) is 8.75. The van der Waals surface area contributed by atoms with Gasteiger partial charge in [0.2, 0.25) is 0 Å². The number of nitrogens with zero attached hydrogens (tertiary/aromatic N) is 3. The van der Waals surface area contributed by atoms with E-state index in [-0.39, 0.29) is 5.92 Å². The molecule has 9 aromatic rings. The van der Waals surface area contributed by atoms with E-state index in [4.69, 9.17) is 4.98 Å². The minimum absolute atomic E-state index is 0.245. The molecule has 0 bridgehead atoms. The predicted molar refractivity (Wildman–Crippen MR) is 222 cm³/mol. The number of pyridine rings is 1. The molecular formula is C50H39N3. The van der Waals surface area contributed by atoms with E-state index >= 15 is 0 Å². The van der Waals surface area contributed by atoms with Gasteiger partial charge < -0.3 is 9.13 Å². The Morgan fingerprint density at radius 2 is 1.23 bits per heavy atom. The first kappa shape index (κ1) is 31.3. The molecule has 2 atom stereocenters. The Labute approximate surface area is 309 Å². The van der Waals surface area contributed by atoms with Crippen LogP contribution in [0.5, 0.6) is 0 Å². The molecule has 0 spiro atoms. The first-order valence-corrected chi connectivity index (χ1v) is 18.7. The third-order valence-electron chi connectivity index (χ3n) is 11.1. The van der Waals surface area contributed by atoms with Gasteiger partial charge in [0.1, 0.15) is 0 Å². The fourth-order valence-electron chi connectivity index (χ4n) is 8.75. The Kier molecular flexibility index (Phi) is 7.65. The fraction of sp³-hybridized carbons (Fsp3) is 0.100. The van der Waals surface area contributed by atoms with Gasteiger partial charge in [-0.1, -0.05) is 146 Å². The zero-order valence-corrected chi connectivity index (χ0v) is 29.7. The third kappa shape index (κ3) is 5.39. The summed E-state index contributed by atoms with van der Waals surface area (Å²) >= 11 is 0. The molecule has 0 amide bonds. The molecule has 0 saturated carbocycles. The van der Waals surface area contributed by atoms with Gasteiger partial charge in [-0.2, -0.15) is 0 Å². The molecule has 0 radical (unpaired) electrons. The van der Waals surface area contributed by atoms with E-state index in [0.717, 1.165) is 35.3 Å². The molecule has 3 heterocycles. The Morgan fingerprint density at radius 1 is 0.604 bits per heavy atom. The van der Waals surface area contributed by atoms with Crippen molar-refractivity contribution in [1.29, 1.82) is 0 Å². The molecule has 3 nitrogen and oxygen atoms in total. The van der Waals surface area contributed by atoms with Crippen LogP contribution >= 0.6 is 0 Å². The lowest BCUT2D eigenvalue weighted by atomic mass is 9.81. The second-order valence-electron chi connectivity index (χ2n) is 14.5. The second-order valence-corrected chi connectivity index (χ2v) is 14.5. The van der Waals surface area contributed by atoms with Crippen LogP contribution in [-0.4, -0.2) is 14.1 Å². The van der Waals surface area contributed by atoms with Gasteiger partial charge in [-0.3, -0.25) is 4.98 Å². The largest absolute Gasteiger partial charge is 0.312 e. The number of fused-ring (bicyclic) bond motifs is 6. The molecule has 0 aliphatic heterocycles. The van der Waals surface area contributed by atoms with Crippen LogP contribution in [0.25, 0.3) is 66.3 Å². The summed E-state index contributed by atoms with van der Waals surface area (Å²) in [6.45, 7) is 2.37. The lowest BCUT2D eigenvalue weighted by Crippen LogP contribution is -2.13. The van der Waals surface area contributed by atoms with E-state index in [1.807, 2.05) is 0 Å². The molecule has 3 heteroatoms. The van der Waals surface area contributed by atoms with Crippen molar-refractivity contribution in [2.45, 2.75) is 25.7 Å². The summed E-state index contributed by atoms with van der Waals surface area (Å²) in [6.07, 6.45) is 8.98. The normalized spacial score (nSPS) is 15.2. The van der Waals surface area contributed by atoms with Gasteiger partial charge in [-0.15, -0.1) is 0 Å². The van der Waals surface area contributed by atoms with Crippen molar-refractivity contribution in [2.24, 2.45) is 5.92 Å². The highest BCUT2D eigenvalue weighted by molar-refractivity contribution is 6.15. The predicted octanol–water partition coefficient (Wildman–Crippen LogP) is 12.8. The summed E-state index contributed by atoms with van der Waals surface area (Å²) in [5.41, 5.74) is 13.4. The minimum atomic E-state index is 0.245. The zero-order chi connectivity index (χ0) is 35.3. The molecule has 0 fully saturated rings. The van der Waals surface area contributed by atoms with Crippen LogP contribution in [0.1, 0.15) is 30.4 Å². The number of benzene rings is 6. The second kappa shape index (κ2) is 13.0. The van der Waals surface area contributed by atoms with Crippen molar-refractivity contribution in [3.8, 4) is 16.9 Å². The van der Waals surface area contributed by atoms with Gasteiger partial charge in [0.05, 0.1) is 34.0 Å². The summed E-state index contributed by atoms with van der Waals surface area (Å²) in [5.74, 6) is 0.629. The van der Waals surface area contributed by atoms with Crippen molar-refractivity contribution >= 4 is 49.3 Å². The SMILES string of the molecule is C[C@H]1C=C(C(Cc2ccccc2)c2ccccc2)C=C(n2c3ccccc3c3cccc(-c4cc5c6ccccc6n(-c6ccccc6)c5cn4)c32)C1. The number of para-hydroxylation sites is 4. The maximum absolute atomic E-state index is 5.24. The number of hydrogen-bond acceptors (Lipinski definition) is 1. The lowest BCUT2D eigenvalue weighted by Gasteiger charge is -2.27. The van der Waals surface area contributed by atoms with Crippen molar-refractivity contribution < 1.29 is 0 Å². The van der Waals surface area contributed by atoms with Crippen molar-refractivity contribution in [2.75, 3.05) is 0 Å². The first-order chi connectivity index (χ1) is 26.2. The molecule has 1 aliphatic carbocycles. The van der Waals surface area contributed by atoms with Crippen LogP contribution < -0.4 is 0 Å². The summed E-state index contributed by atoms with van der Waals surface area (Å²) in [5, 5.41) is 4.95. The van der Waals surface area contributed by atoms with E-state index in [9.17, 15) is 0 Å². The maximum atomic E-state index is 5.24. The molecule has 254 valence electrons. The van der Waals surface area contributed by atoms with Crippen LogP contribution in [0.15, 0.2) is 188 Å². The average Bonchev–Trinajstić information content (AvgIpc) is 3.73. The van der Waals surface area contributed by atoms with E-state index in [1.54, 1.807) is 0 Å². The smallest absolute Gasteiger partial charge is 0.0731 e. The Morgan fingerprint density at radius 3 is 1.98 bits per heavy atom. The van der Waals surface area contributed by atoms with E-state index in [0.29, 0.717) is 5.92 Å². The summed E-state index contributed by atoms with van der Waals surface area (Å²) in [6, 6.07) is 59.2. The van der Waals surface area contributed by atoms with Gasteiger partial charge in [-0.25, -0.2) is 0 Å². The molecule has 6 aromatic carbocycles. The van der Waals surface area contributed by atoms with Gasteiger partial charge in [-0.05, 0) is 71.9 Å². The van der Waals surface area contributed by atoms with Gasteiger partial charge in [0, 0.05) is 44.4 Å². The number of aromatic nitrogens is 3. The Bertz CT molecular complexity index is 2840. The quantitative estimate of drug-likeness (QED) is 0.164. The Balaban J connectivity index is 1.18.